The fourth-order valence-corrected chi connectivity index (χ4v) is 3.15. The minimum atomic E-state index is 0.645. The molecular weight excluding hydrogens is 276 g/mol. The summed E-state index contributed by atoms with van der Waals surface area (Å²) in [5, 5.41) is 11.1. The quantitative estimate of drug-likeness (QED) is 0.656. The third kappa shape index (κ3) is 3.07. The Labute approximate surface area is 128 Å². The molecule has 0 unspecified atom stereocenters. The molecule has 0 fully saturated rings. The van der Waals surface area contributed by atoms with Gasteiger partial charge in [0.05, 0.1) is 11.1 Å². The van der Waals surface area contributed by atoms with Gasteiger partial charge in [0, 0.05) is 11.1 Å². The highest BCUT2D eigenvalue weighted by Gasteiger charge is 2.07. The lowest BCUT2D eigenvalue weighted by atomic mass is 10.2. The molecule has 0 amide bonds. The maximum absolute atomic E-state index is 9.32. The lowest BCUT2D eigenvalue weighted by Gasteiger charge is -2.06. The Hall–Kier alpha value is -2.31. The Bertz CT molecular complexity index is 834. The van der Waals surface area contributed by atoms with E-state index in [9.17, 15) is 5.26 Å². The van der Waals surface area contributed by atoms with Crippen molar-refractivity contribution >= 4 is 22.7 Å². The van der Waals surface area contributed by atoms with E-state index >= 15 is 0 Å². The van der Waals surface area contributed by atoms with E-state index in [2.05, 4.69) is 42.2 Å². The summed E-state index contributed by atoms with van der Waals surface area (Å²) in [6.07, 6.45) is 0. The van der Waals surface area contributed by atoms with E-state index in [1.165, 1.54) is 11.1 Å². The predicted molar refractivity (Wildman–Crippen MR) is 87.2 cm³/mol. The smallest absolute Gasteiger partial charge is 0.115 e. The fraction of sp³-hybridized carbons (Fsp3) is 0.111. The van der Waals surface area contributed by atoms with E-state index in [-0.39, 0.29) is 0 Å². The number of nitriles is 1. The molecule has 0 aliphatic rings. The molecule has 3 aromatic rings. The van der Waals surface area contributed by atoms with Crippen molar-refractivity contribution in [1.29, 1.82) is 5.26 Å². The van der Waals surface area contributed by atoms with Gasteiger partial charge < -0.3 is 0 Å². The van der Waals surface area contributed by atoms with Crippen LogP contribution in [0.15, 0.2) is 59.6 Å². The Morgan fingerprint density at radius 2 is 1.95 bits per heavy atom. The molecule has 0 spiro atoms. The second-order valence-corrected chi connectivity index (χ2v) is 5.89. The summed E-state index contributed by atoms with van der Waals surface area (Å²) < 4.78 is 0. The lowest BCUT2D eigenvalue weighted by Crippen LogP contribution is -1.90. The molecule has 0 radical (unpaired) electrons. The average Bonchev–Trinajstić information content (AvgIpc) is 2.52. The molecular formula is C18H14N2S. The minimum Gasteiger partial charge on any atom is -0.240 e. The van der Waals surface area contributed by atoms with Gasteiger partial charge in [0.2, 0.25) is 0 Å². The molecule has 0 aliphatic heterocycles. The summed E-state index contributed by atoms with van der Waals surface area (Å²) in [5.74, 6) is 0.821. The zero-order valence-corrected chi connectivity index (χ0v) is 12.5. The molecule has 0 saturated heterocycles. The second-order valence-electron chi connectivity index (χ2n) is 4.92. The summed E-state index contributed by atoms with van der Waals surface area (Å²) in [7, 11) is 0. The van der Waals surface area contributed by atoms with Crippen molar-refractivity contribution in [1.82, 2.24) is 4.98 Å². The Morgan fingerprint density at radius 1 is 1.10 bits per heavy atom. The van der Waals surface area contributed by atoms with E-state index in [0.717, 1.165) is 21.7 Å². The summed E-state index contributed by atoms with van der Waals surface area (Å²) in [6.45, 7) is 2.09. The number of aromatic nitrogens is 1. The first-order valence-electron chi connectivity index (χ1n) is 6.74. The van der Waals surface area contributed by atoms with Crippen LogP contribution in [0.5, 0.6) is 0 Å². The van der Waals surface area contributed by atoms with Gasteiger partial charge in [-0.3, -0.25) is 0 Å². The third-order valence-corrected chi connectivity index (χ3v) is 4.33. The Kier molecular flexibility index (Phi) is 3.89. The van der Waals surface area contributed by atoms with E-state index < -0.39 is 0 Å². The first kappa shape index (κ1) is 13.7. The zero-order chi connectivity index (χ0) is 14.7. The molecule has 102 valence electrons. The molecule has 0 bridgehead atoms. The van der Waals surface area contributed by atoms with Crippen molar-refractivity contribution in [3.8, 4) is 6.07 Å². The van der Waals surface area contributed by atoms with Gasteiger partial charge in [-0.25, -0.2) is 4.98 Å². The highest BCUT2D eigenvalue weighted by atomic mass is 32.2. The van der Waals surface area contributed by atoms with Gasteiger partial charge >= 0.3 is 0 Å². The molecule has 3 rings (SSSR count). The summed E-state index contributed by atoms with van der Waals surface area (Å²) >= 11 is 1.61. The van der Waals surface area contributed by atoms with Gasteiger partial charge in [-0.15, -0.1) is 11.8 Å². The van der Waals surface area contributed by atoms with Crippen LogP contribution in [0, 0.1) is 18.3 Å². The van der Waals surface area contributed by atoms with Crippen LogP contribution < -0.4 is 0 Å². The molecule has 0 atom stereocenters. The predicted octanol–water partition coefficient (Wildman–Crippen LogP) is 4.71. The molecule has 1 aromatic heterocycles. The minimum absolute atomic E-state index is 0.645. The Morgan fingerprint density at radius 3 is 2.76 bits per heavy atom. The highest BCUT2D eigenvalue weighted by molar-refractivity contribution is 7.98. The highest BCUT2D eigenvalue weighted by Crippen LogP contribution is 2.27. The standard InChI is InChI=1S/C18H14N2S/c1-13-5-4-6-14(9-13)12-21-18-16(11-19)10-15-7-2-3-8-17(15)20-18/h2-10H,12H2,1H3. The first-order valence-corrected chi connectivity index (χ1v) is 7.73. The van der Waals surface area contributed by atoms with Gasteiger partial charge in [0.15, 0.2) is 0 Å². The van der Waals surface area contributed by atoms with Crippen molar-refractivity contribution in [2.45, 2.75) is 17.7 Å². The van der Waals surface area contributed by atoms with Gasteiger partial charge in [-0.1, -0.05) is 48.0 Å². The van der Waals surface area contributed by atoms with E-state index in [0.29, 0.717) is 5.56 Å². The number of pyridine rings is 1. The first-order chi connectivity index (χ1) is 10.3. The zero-order valence-electron chi connectivity index (χ0n) is 11.7. The Balaban J connectivity index is 1.91. The normalized spacial score (nSPS) is 10.5. The number of hydrogen-bond acceptors (Lipinski definition) is 3. The number of para-hydroxylation sites is 1. The average molecular weight is 290 g/mol. The van der Waals surface area contributed by atoms with Gasteiger partial charge in [-0.2, -0.15) is 5.26 Å². The number of hydrogen-bond donors (Lipinski definition) is 0. The molecule has 0 N–H and O–H groups in total. The number of rotatable bonds is 3. The summed E-state index contributed by atoms with van der Waals surface area (Å²) in [6, 6.07) is 20.5. The SMILES string of the molecule is Cc1cccc(CSc2nc3ccccc3cc2C#N)c1. The van der Waals surface area contributed by atoms with Crippen molar-refractivity contribution in [3.05, 3.63) is 71.3 Å². The number of benzene rings is 2. The molecule has 1 heterocycles. The van der Waals surface area contributed by atoms with Crippen molar-refractivity contribution in [2.75, 3.05) is 0 Å². The number of aryl methyl sites for hydroxylation is 1. The lowest BCUT2D eigenvalue weighted by molar-refractivity contribution is 1.16. The van der Waals surface area contributed by atoms with Crippen LogP contribution in [0.4, 0.5) is 0 Å². The van der Waals surface area contributed by atoms with E-state index in [1.807, 2.05) is 30.3 Å². The fourth-order valence-electron chi connectivity index (χ4n) is 2.24. The second kappa shape index (κ2) is 5.99. The summed E-state index contributed by atoms with van der Waals surface area (Å²) in [5.41, 5.74) is 4.08. The van der Waals surface area contributed by atoms with Crippen LogP contribution in [0.3, 0.4) is 0 Å². The number of thioether (sulfide) groups is 1. The van der Waals surface area contributed by atoms with Crippen molar-refractivity contribution in [2.24, 2.45) is 0 Å². The largest absolute Gasteiger partial charge is 0.240 e. The van der Waals surface area contributed by atoms with Crippen LogP contribution >= 0.6 is 11.8 Å². The van der Waals surface area contributed by atoms with Gasteiger partial charge in [-0.05, 0) is 24.6 Å². The van der Waals surface area contributed by atoms with Gasteiger partial charge in [0.25, 0.3) is 0 Å². The molecule has 2 nitrogen and oxygen atoms in total. The van der Waals surface area contributed by atoms with Crippen LogP contribution in [-0.2, 0) is 5.75 Å². The number of fused-ring (bicyclic) bond motifs is 1. The van der Waals surface area contributed by atoms with Crippen molar-refractivity contribution < 1.29 is 0 Å². The van der Waals surface area contributed by atoms with Crippen molar-refractivity contribution in [3.63, 3.8) is 0 Å². The third-order valence-electron chi connectivity index (χ3n) is 3.27. The molecule has 3 heteroatoms. The summed E-state index contributed by atoms with van der Waals surface area (Å²) in [4.78, 5) is 4.62. The van der Waals surface area contributed by atoms with Crippen LogP contribution in [0.1, 0.15) is 16.7 Å². The monoisotopic (exact) mass is 290 g/mol. The molecule has 2 aromatic carbocycles. The molecule has 0 saturated carbocycles. The van der Waals surface area contributed by atoms with Crippen LogP contribution in [0.25, 0.3) is 10.9 Å². The molecule has 0 aliphatic carbocycles. The molecule has 21 heavy (non-hydrogen) atoms. The van der Waals surface area contributed by atoms with Crippen LogP contribution in [0.2, 0.25) is 0 Å². The maximum Gasteiger partial charge on any atom is 0.115 e. The van der Waals surface area contributed by atoms with Crippen LogP contribution in [-0.4, -0.2) is 4.98 Å². The van der Waals surface area contributed by atoms with E-state index in [1.54, 1.807) is 11.8 Å². The van der Waals surface area contributed by atoms with E-state index in [4.69, 9.17) is 0 Å². The topological polar surface area (TPSA) is 36.7 Å². The van der Waals surface area contributed by atoms with Gasteiger partial charge in [0.1, 0.15) is 11.1 Å². The maximum atomic E-state index is 9.32. The number of nitrogens with zero attached hydrogens (tertiary/aromatic N) is 2.